The van der Waals surface area contributed by atoms with E-state index in [1.165, 1.54) is 5.56 Å². The van der Waals surface area contributed by atoms with Crippen LogP contribution in [0.3, 0.4) is 0 Å². The number of methoxy groups -OCH3 is 1. The molecule has 0 aliphatic carbocycles. The number of carbonyl (C=O) groups is 1. The summed E-state index contributed by atoms with van der Waals surface area (Å²) >= 11 is 0. The van der Waals surface area contributed by atoms with Crippen molar-refractivity contribution < 1.29 is 14.1 Å². The van der Waals surface area contributed by atoms with E-state index in [1.807, 2.05) is 48.2 Å². The number of aromatic nitrogens is 2. The highest BCUT2D eigenvalue weighted by Crippen LogP contribution is 2.30. The van der Waals surface area contributed by atoms with Gasteiger partial charge in [0.1, 0.15) is 5.75 Å². The molecule has 0 saturated carbocycles. The zero-order valence-electron chi connectivity index (χ0n) is 16.3. The Morgan fingerprint density at radius 3 is 2.68 bits per heavy atom. The van der Waals surface area contributed by atoms with E-state index in [2.05, 4.69) is 23.1 Å². The molecule has 2 aromatic carbocycles. The van der Waals surface area contributed by atoms with Crippen molar-refractivity contribution in [1.29, 1.82) is 0 Å². The molecule has 6 nitrogen and oxygen atoms in total. The SMILES string of the molecule is COc1ccc(CN2CC(c3nc(-c4ccc(C)cc4C)no3)CC2=O)cc1. The fourth-order valence-electron chi connectivity index (χ4n) is 3.62. The maximum Gasteiger partial charge on any atom is 0.232 e. The Labute approximate surface area is 164 Å². The quantitative estimate of drug-likeness (QED) is 0.675. The van der Waals surface area contributed by atoms with Crippen LogP contribution in [0.1, 0.15) is 34.9 Å². The summed E-state index contributed by atoms with van der Waals surface area (Å²) < 4.78 is 10.7. The Kier molecular flexibility index (Phi) is 4.86. The molecule has 1 aliphatic rings. The lowest BCUT2D eigenvalue weighted by Gasteiger charge is -2.16. The van der Waals surface area contributed by atoms with E-state index >= 15 is 0 Å². The van der Waals surface area contributed by atoms with Gasteiger partial charge in [-0.25, -0.2) is 0 Å². The Morgan fingerprint density at radius 1 is 1.18 bits per heavy atom. The van der Waals surface area contributed by atoms with Crippen molar-refractivity contribution in [2.24, 2.45) is 0 Å². The van der Waals surface area contributed by atoms with Gasteiger partial charge in [0.25, 0.3) is 0 Å². The number of hydrogen-bond acceptors (Lipinski definition) is 5. The topological polar surface area (TPSA) is 68.5 Å². The molecule has 0 spiro atoms. The minimum absolute atomic E-state index is 0.0715. The van der Waals surface area contributed by atoms with Crippen molar-refractivity contribution in [2.45, 2.75) is 32.7 Å². The highest BCUT2D eigenvalue weighted by Gasteiger charge is 2.34. The lowest BCUT2D eigenvalue weighted by Crippen LogP contribution is -2.24. The molecular weight excluding hydrogens is 354 g/mol. The van der Waals surface area contributed by atoms with E-state index in [4.69, 9.17) is 9.26 Å². The summed E-state index contributed by atoms with van der Waals surface area (Å²) in [5.41, 5.74) is 4.33. The van der Waals surface area contributed by atoms with Crippen LogP contribution in [0.25, 0.3) is 11.4 Å². The number of hydrogen-bond donors (Lipinski definition) is 0. The normalized spacial score (nSPS) is 16.6. The van der Waals surface area contributed by atoms with Gasteiger partial charge in [0, 0.05) is 25.1 Å². The molecule has 4 rings (SSSR count). The number of nitrogens with zero attached hydrogens (tertiary/aromatic N) is 3. The highest BCUT2D eigenvalue weighted by atomic mass is 16.5. The van der Waals surface area contributed by atoms with Crippen LogP contribution in [0.15, 0.2) is 47.0 Å². The molecule has 1 fully saturated rings. The number of amides is 1. The third-order valence-electron chi connectivity index (χ3n) is 5.16. The van der Waals surface area contributed by atoms with E-state index in [9.17, 15) is 4.79 Å². The molecule has 0 bridgehead atoms. The first kappa shape index (κ1) is 18.2. The summed E-state index contributed by atoms with van der Waals surface area (Å²) in [7, 11) is 1.64. The summed E-state index contributed by atoms with van der Waals surface area (Å²) in [5.74, 6) is 1.94. The van der Waals surface area contributed by atoms with Gasteiger partial charge in [0.05, 0.1) is 13.0 Å². The van der Waals surface area contributed by atoms with Crippen LogP contribution in [0.5, 0.6) is 5.75 Å². The minimum atomic E-state index is -0.0715. The molecule has 0 radical (unpaired) electrons. The first-order chi connectivity index (χ1) is 13.5. The van der Waals surface area contributed by atoms with Crippen LogP contribution in [0.2, 0.25) is 0 Å². The zero-order chi connectivity index (χ0) is 19.7. The average molecular weight is 377 g/mol. The van der Waals surface area contributed by atoms with Gasteiger partial charge in [-0.2, -0.15) is 4.98 Å². The van der Waals surface area contributed by atoms with Crippen molar-refractivity contribution >= 4 is 5.91 Å². The molecule has 0 N–H and O–H groups in total. The molecule has 1 saturated heterocycles. The molecule has 2 heterocycles. The first-order valence-electron chi connectivity index (χ1n) is 9.35. The van der Waals surface area contributed by atoms with Gasteiger partial charge in [-0.15, -0.1) is 0 Å². The number of carbonyl (C=O) groups excluding carboxylic acids is 1. The fourth-order valence-corrected chi connectivity index (χ4v) is 3.62. The van der Waals surface area contributed by atoms with Gasteiger partial charge >= 0.3 is 0 Å². The molecule has 1 amide bonds. The molecule has 1 atom stereocenters. The van der Waals surface area contributed by atoms with Crippen molar-refractivity contribution in [3.63, 3.8) is 0 Å². The van der Waals surface area contributed by atoms with E-state index in [0.29, 0.717) is 31.2 Å². The molecular formula is C22H23N3O3. The van der Waals surface area contributed by atoms with Crippen molar-refractivity contribution in [3.8, 4) is 17.1 Å². The summed E-state index contributed by atoms with van der Waals surface area (Å²) in [5, 5.41) is 4.14. The Hall–Kier alpha value is -3.15. The fraction of sp³-hybridized carbons (Fsp3) is 0.318. The number of benzene rings is 2. The van der Waals surface area contributed by atoms with Crippen LogP contribution in [-0.2, 0) is 11.3 Å². The summed E-state index contributed by atoms with van der Waals surface area (Å²) in [4.78, 5) is 18.9. The van der Waals surface area contributed by atoms with Crippen molar-refractivity contribution in [1.82, 2.24) is 15.0 Å². The van der Waals surface area contributed by atoms with Gasteiger partial charge < -0.3 is 14.2 Å². The lowest BCUT2D eigenvalue weighted by molar-refractivity contribution is -0.128. The predicted molar refractivity (Wildman–Crippen MR) is 105 cm³/mol. The molecule has 6 heteroatoms. The van der Waals surface area contributed by atoms with Gasteiger partial charge in [0.2, 0.25) is 17.6 Å². The lowest BCUT2D eigenvalue weighted by atomic mass is 10.1. The highest BCUT2D eigenvalue weighted by molar-refractivity contribution is 5.79. The Bertz CT molecular complexity index is 995. The smallest absolute Gasteiger partial charge is 0.232 e. The van der Waals surface area contributed by atoms with E-state index in [1.54, 1.807) is 7.11 Å². The second-order valence-corrected chi connectivity index (χ2v) is 7.30. The van der Waals surface area contributed by atoms with Gasteiger partial charge in [-0.3, -0.25) is 4.79 Å². The minimum Gasteiger partial charge on any atom is -0.497 e. The van der Waals surface area contributed by atoms with Gasteiger partial charge in [-0.05, 0) is 37.1 Å². The number of ether oxygens (including phenoxy) is 1. The molecule has 1 aromatic heterocycles. The predicted octanol–water partition coefficient (Wildman–Crippen LogP) is 3.88. The summed E-state index contributed by atoms with van der Waals surface area (Å²) in [6.45, 7) is 5.24. The Balaban J connectivity index is 1.47. The average Bonchev–Trinajstić information content (AvgIpc) is 3.30. The van der Waals surface area contributed by atoms with Crippen LogP contribution in [0.4, 0.5) is 0 Å². The molecule has 1 aliphatic heterocycles. The number of aryl methyl sites for hydroxylation is 2. The van der Waals surface area contributed by atoms with E-state index in [-0.39, 0.29) is 11.8 Å². The third kappa shape index (κ3) is 3.63. The van der Waals surface area contributed by atoms with Crippen LogP contribution in [0, 0.1) is 13.8 Å². The van der Waals surface area contributed by atoms with Gasteiger partial charge in [-0.1, -0.05) is 41.1 Å². The second kappa shape index (κ2) is 7.46. The second-order valence-electron chi connectivity index (χ2n) is 7.30. The summed E-state index contributed by atoms with van der Waals surface area (Å²) in [6.07, 6.45) is 0.394. The first-order valence-corrected chi connectivity index (χ1v) is 9.35. The number of rotatable bonds is 5. The van der Waals surface area contributed by atoms with Gasteiger partial charge in [0.15, 0.2) is 0 Å². The van der Waals surface area contributed by atoms with E-state index < -0.39 is 0 Å². The van der Waals surface area contributed by atoms with E-state index in [0.717, 1.165) is 22.4 Å². The molecule has 28 heavy (non-hydrogen) atoms. The Morgan fingerprint density at radius 2 is 1.96 bits per heavy atom. The molecule has 3 aromatic rings. The maximum atomic E-state index is 12.5. The third-order valence-corrected chi connectivity index (χ3v) is 5.16. The van der Waals surface area contributed by atoms with Crippen molar-refractivity contribution in [2.75, 3.05) is 13.7 Å². The summed E-state index contributed by atoms with van der Waals surface area (Å²) in [6, 6.07) is 13.9. The molecule has 144 valence electrons. The van der Waals surface area contributed by atoms with Crippen LogP contribution < -0.4 is 4.74 Å². The maximum absolute atomic E-state index is 12.5. The standard InChI is InChI=1S/C22H23N3O3/c1-14-4-9-19(15(2)10-14)21-23-22(28-24-21)17-11-20(26)25(13-17)12-16-5-7-18(27-3)8-6-16/h4-10,17H,11-13H2,1-3H3. The molecule has 1 unspecified atom stereocenters. The van der Waals surface area contributed by atoms with Crippen LogP contribution >= 0.6 is 0 Å². The van der Waals surface area contributed by atoms with Crippen LogP contribution in [-0.4, -0.2) is 34.6 Å². The van der Waals surface area contributed by atoms with Crippen molar-refractivity contribution in [3.05, 3.63) is 65.0 Å². The zero-order valence-corrected chi connectivity index (χ0v) is 16.3. The number of likely N-dealkylation sites (tertiary alicyclic amines) is 1. The monoisotopic (exact) mass is 377 g/mol. The largest absolute Gasteiger partial charge is 0.497 e.